The summed E-state index contributed by atoms with van der Waals surface area (Å²) in [5.41, 5.74) is 0. The van der Waals surface area contributed by atoms with E-state index in [1.54, 1.807) is 0 Å². The summed E-state index contributed by atoms with van der Waals surface area (Å²) in [7, 11) is 0. The average Bonchev–Trinajstić information content (AvgIpc) is 1.88. The minimum atomic E-state index is -0.802. The molecule has 1 amide bonds. The van der Waals surface area contributed by atoms with Gasteiger partial charge in [0, 0.05) is 17.9 Å². The number of rotatable bonds is 0. The van der Waals surface area contributed by atoms with Gasteiger partial charge in [0.2, 0.25) is 0 Å². The summed E-state index contributed by atoms with van der Waals surface area (Å²) in [6.07, 6.45) is 1.26. The van der Waals surface area contributed by atoms with E-state index in [4.69, 9.17) is 5.11 Å². The van der Waals surface area contributed by atoms with Gasteiger partial charge >= 0.3 is 6.09 Å². The fourth-order valence-corrected chi connectivity index (χ4v) is 1.77. The van der Waals surface area contributed by atoms with Crippen molar-refractivity contribution in [3.63, 3.8) is 0 Å². The second-order valence-electron chi connectivity index (χ2n) is 2.47. The van der Waals surface area contributed by atoms with Crippen molar-refractivity contribution < 1.29 is 9.90 Å². The van der Waals surface area contributed by atoms with Gasteiger partial charge in [-0.15, -0.1) is 0 Å². The highest BCUT2D eigenvalue weighted by atomic mass is 79.9. The first-order valence-electron chi connectivity index (χ1n) is 3.32. The Kier molecular flexibility index (Phi) is 2.54. The molecule has 1 aliphatic heterocycles. The van der Waals surface area contributed by atoms with Crippen LogP contribution in [-0.4, -0.2) is 34.0 Å². The maximum atomic E-state index is 10.4. The number of carboxylic acid groups (broad SMARTS) is 1. The van der Waals surface area contributed by atoms with Crippen LogP contribution in [0.3, 0.4) is 0 Å². The van der Waals surface area contributed by atoms with E-state index in [-0.39, 0.29) is 0 Å². The predicted octanol–water partition coefficient (Wildman–Crippen LogP) is 1.52. The highest BCUT2D eigenvalue weighted by Crippen LogP contribution is 2.16. The maximum Gasteiger partial charge on any atom is 0.407 e. The predicted molar refractivity (Wildman–Crippen MR) is 41.5 cm³/mol. The zero-order valence-corrected chi connectivity index (χ0v) is 7.17. The second-order valence-corrected chi connectivity index (χ2v) is 3.76. The Morgan fingerprint density at radius 2 is 2.40 bits per heavy atom. The molecular formula is C6H10BrNO2. The number of likely N-dealkylation sites (tertiary alicyclic amines) is 1. The minimum absolute atomic E-state index is 0.359. The Labute approximate surface area is 68.1 Å². The van der Waals surface area contributed by atoms with Crippen molar-refractivity contribution >= 4 is 22.0 Å². The van der Waals surface area contributed by atoms with E-state index >= 15 is 0 Å². The molecule has 1 rings (SSSR count). The molecule has 58 valence electrons. The molecule has 0 aromatic carbocycles. The summed E-state index contributed by atoms with van der Waals surface area (Å²) in [5, 5.41) is 8.56. The molecule has 1 fully saturated rings. The first-order valence-corrected chi connectivity index (χ1v) is 4.23. The van der Waals surface area contributed by atoms with Crippen LogP contribution in [-0.2, 0) is 0 Å². The van der Waals surface area contributed by atoms with Gasteiger partial charge in [0.15, 0.2) is 0 Å². The SMILES string of the molecule is O=C(O)N1CCCC(Br)C1. The van der Waals surface area contributed by atoms with Gasteiger partial charge in [0.05, 0.1) is 0 Å². The fourth-order valence-electron chi connectivity index (χ4n) is 1.10. The molecule has 0 aromatic rings. The molecule has 0 radical (unpaired) electrons. The first-order chi connectivity index (χ1) is 4.70. The van der Waals surface area contributed by atoms with E-state index < -0.39 is 6.09 Å². The third-order valence-corrected chi connectivity index (χ3v) is 2.38. The standard InChI is InChI=1S/C6H10BrNO2/c7-5-2-1-3-8(4-5)6(9)10/h5H,1-4H2,(H,9,10). The third-order valence-electron chi connectivity index (χ3n) is 1.63. The lowest BCUT2D eigenvalue weighted by Crippen LogP contribution is -2.39. The monoisotopic (exact) mass is 207 g/mol. The van der Waals surface area contributed by atoms with Crippen LogP contribution in [0.5, 0.6) is 0 Å². The van der Waals surface area contributed by atoms with E-state index in [1.165, 1.54) is 4.90 Å². The first kappa shape index (κ1) is 7.85. The molecule has 0 aliphatic carbocycles. The van der Waals surface area contributed by atoms with Gasteiger partial charge < -0.3 is 10.0 Å². The van der Waals surface area contributed by atoms with Crippen molar-refractivity contribution in [1.29, 1.82) is 0 Å². The molecule has 4 heteroatoms. The van der Waals surface area contributed by atoms with Crippen LogP contribution in [0.15, 0.2) is 0 Å². The van der Waals surface area contributed by atoms with Crippen LogP contribution in [0, 0.1) is 0 Å². The molecule has 10 heavy (non-hydrogen) atoms. The van der Waals surface area contributed by atoms with Crippen LogP contribution in [0.2, 0.25) is 0 Å². The maximum absolute atomic E-state index is 10.4. The Bertz CT molecular complexity index is 140. The number of alkyl halides is 1. The van der Waals surface area contributed by atoms with E-state index in [9.17, 15) is 4.79 Å². The number of hydrogen-bond donors (Lipinski definition) is 1. The van der Waals surface area contributed by atoms with Gasteiger partial charge in [-0.05, 0) is 12.8 Å². The Balaban J connectivity index is 2.39. The quantitative estimate of drug-likeness (QED) is 0.613. The topological polar surface area (TPSA) is 40.5 Å². The molecule has 0 bridgehead atoms. The number of amides is 1. The molecule has 3 nitrogen and oxygen atoms in total. The third kappa shape index (κ3) is 1.87. The average molecular weight is 208 g/mol. The molecule has 1 N–H and O–H groups in total. The van der Waals surface area contributed by atoms with Crippen molar-refractivity contribution in [2.24, 2.45) is 0 Å². The largest absolute Gasteiger partial charge is 0.465 e. The number of halogens is 1. The smallest absolute Gasteiger partial charge is 0.407 e. The van der Waals surface area contributed by atoms with E-state index in [0.29, 0.717) is 17.9 Å². The van der Waals surface area contributed by atoms with Crippen molar-refractivity contribution in [2.45, 2.75) is 17.7 Å². The van der Waals surface area contributed by atoms with Crippen LogP contribution >= 0.6 is 15.9 Å². The lowest BCUT2D eigenvalue weighted by molar-refractivity contribution is 0.137. The molecule has 1 atom stereocenters. The van der Waals surface area contributed by atoms with Crippen molar-refractivity contribution in [3.05, 3.63) is 0 Å². The summed E-state index contributed by atoms with van der Waals surface area (Å²) < 4.78 is 0. The zero-order valence-electron chi connectivity index (χ0n) is 5.59. The van der Waals surface area contributed by atoms with Crippen LogP contribution in [0.25, 0.3) is 0 Å². The minimum Gasteiger partial charge on any atom is -0.465 e. The molecule has 0 saturated carbocycles. The van der Waals surface area contributed by atoms with Gasteiger partial charge in [0.1, 0.15) is 0 Å². The lowest BCUT2D eigenvalue weighted by atomic mass is 10.1. The van der Waals surface area contributed by atoms with Gasteiger partial charge in [-0.25, -0.2) is 4.79 Å². The normalized spacial score (nSPS) is 26.5. The van der Waals surface area contributed by atoms with E-state index in [0.717, 1.165) is 12.8 Å². The molecule has 1 unspecified atom stereocenters. The summed E-state index contributed by atoms with van der Waals surface area (Å²) in [4.78, 5) is 12.2. The molecule has 1 aliphatic rings. The Morgan fingerprint density at radius 1 is 1.70 bits per heavy atom. The van der Waals surface area contributed by atoms with E-state index in [1.807, 2.05) is 0 Å². The van der Waals surface area contributed by atoms with Crippen LogP contribution in [0.1, 0.15) is 12.8 Å². The molecular weight excluding hydrogens is 198 g/mol. The molecule has 0 spiro atoms. The van der Waals surface area contributed by atoms with Gasteiger partial charge in [0.25, 0.3) is 0 Å². The highest BCUT2D eigenvalue weighted by Gasteiger charge is 2.20. The second kappa shape index (κ2) is 3.23. The van der Waals surface area contributed by atoms with Gasteiger partial charge in [-0.3, -0.25) is 0 Å². The zero-order chi connectivity index (χ0) is 7.56. The van der Waals surface area contributed by atoms with E-state index in [2.05, 4.69) is 15.9 Å². The van der Waals surface area contributed by atoms with Gasteiger partial charge in [-0.2, -0.15) is 0 Å². The highest BCUT2D eigenvalue weighted by molar-refractivity contribution is 9.09. The summed E-state index contributed by atoms with van der Waals surface area (Å²) in [6, 6.07) is 0. The van der Waals surface area contributed by atoms with Crippen molar-refractivity contribution in [1.82, 2.24) is 4.90 Å². The fraction of sp³-hybridized carbons (Fsp3) is 0.833. The van der Waals surface area contributed by atoms with Crippen LogP contribution < -0.4 is 0 Å². The number of carbonyl (C=O) groups is 1. The Hall–Kier alpha value is -0.250. The van der Waals surface area contributed by atoms with Crippen molar-refractivity contribution in [2.75, 3.05) is 13.1 Å². The number of nitrogens with zero attached hydrogens (tertiary/aromatic N) is 1. The summed E-state index contributed by atoms with van der Waals surface area (Å²) >= 11 is 3.39. The summed E-state index contributed by atoms with van der Waals surface area (Å²) in [6.45, 7) is 1.33. The Morgan fingerprint density at radius 3 is 2.80 bits per heavy atom. The lowest BCUT2D eigenvalue weighted by Gasteiger charge is -2.27. The van der Waals surface area contributed by atoms with Crippen LogP contribution in [0.4, 0.5) is 4.79 Å². The number of piperidine rings is 1. The van der Waals surface area contributed by atoms with Gasteiger partial charge in [-0.1, -0.05) is 15.9 Å². The molecule has 1 heterocycles. The molecule has 1 saturated heterocycles. The number of hydrogen-bond acceptors (Lipinski definition) is 1. The van der Waals surface area contributed by atoms with Crippen molar-refractivity contribution in [3.8, 4) is 0 Å². The molecule has 0 aromatic heterocycles. The summed E-state index contributed by atoms with van der Waals surface area (Å²) in [5.74, 6) is 0.